The Kier molecular flexibility index (Phi) is 2.28. The largest absolute Gasteiger partial charge is 0.332 e. The average Bonchev–Trinajstić information content (AvgIpc) is 2.48. The van der Waals surface area contributed by atoms with E-state index in [-0.39, 0.29) is 0 Å². The molecule has 3 nitrogen and oxygen atoms in total. The molecule has 0 saturated heterocycles. The highest BCUT2D eigenvalue weighted by Gasteiger charge is 2.23. The van der Waals surface area contributed by atoms with E-state index in [2.05, 4.69) is 21.8 Å². The van der Waals surface area contributed by atoms with Crippen LogP contribution < -0.4 is 5.32 Å². The molecule has 1 aromatic rings. The summed E-state index contributed by atoms with van der Waals surface area (Å²) in [5.74, 6) is 2.15. The number of imidazole rings is 1. The first-order chi connectivity index (χ1) is 7.34. The minimum Gasteiger partial charge on any atom is -0.332 e. The first-order valence-electron chi connectivity index (χ1n) is 6.10. The summed E-state index contributed by atoms with van der Waals surface area (Å²) in [5, 5.41) is 3.39. The Morgan fingerprint density at radius 2 is 2.33 bits per heavy atom. The van der Waals surface area contributed by atoms with Gasteiger partial charge in [-0.3, -0.25) is 0 Å². The summed E-state index contributed by atoms with van der Waals surface area (Å²) >= 11 is 0. The molecule has 1 saturated carbocycles. The topological polar surface area (TPSA) is 29.9 Å². The second-order valence-corrected chi connectivity index (χ2v) is 4.89. The van der Waals surface area contributed by atoms with Crippen molar-refractivity contribution in [3.63, 3.8) is 0 Å². The van der Waals surface area contributed by atoms with E-state index in [1.165, 1.54) is 43.0 Å². The first kappa shape index (κ1) is 9.40. The van der Waals surface area contributed by atoms with E-state index in [1.54, 1.807) is 0 Å². The van der Waals surface area contributed by atoms with Crippen LogP contribution in [0.3, 0.4) is 0 Å². The zero-order valence-corrected chi connectivity index (χ0v) is 9.42. The number of nitrogens with zero attached hydrogens (tertiary/aromatic N) is 2. The molecule has 1 aliphatic heterocycles. The van der Waals surface area contributed by atoms with Gasteiger partial charge in [-0.05, 0) is 25.7 Å². The number of hydrogen-bond acceptors (Lipinski definition) is 2. The number of aromatic nitrogens is 2. The molecule has 0 unspecified atom stereocenters. The second-order valence-electron chi connectivity index (χ2n) is 4.89. The molecule has 0 radical (unpaired) electrons. The van der Waals surface area contributed by atoms with Gasteiger partial charge in [-0.25, -0.2) is 4.98 Å². The van der Waals surface area contributed by atoms with Crippen LogP contribution in [0.5, 0.6) is 0 Å². The molecule has 0 spiro atoms. The molecule has 0 aromatic carbocycles. The molecular formula is C12H19N3. The minimum atomic E-state index is 0.928. The van der Waals surface area contributed by atoms with Gasteiger partial charge in [0.25, 0.3) is 0 Å². The second kappa shape index (κ2) is 3.63. The van der Waals surface area contributed by atoms with Crippen LogP contribution in [0.25, 0.3) is 0 Å². The van der Waals surface area contributed by atoms with Crippen molar-refractivity contribution in [2.75, 3.05) is 6.54 Å². The summed E-state index contributed by atoms with van der Waals surface area (Å²) in [4.78, 5) is 4.66. The lowest BCUT2D eigenvalue weighted by atomic mass is 9.85. The predicted octanol–water partition coefficient (Wildman–Crippen LogP) is 1.64. The van der Waals surface area contributed by atoms with E-state index in [9.17, 15) is 0 Å². The lowest BCUT2D eigenvalue weighted by Crippen LogP contribution is -2.26. The van der Waals surface area contributed by atoms with Gasteiger partial charge in [-0.15, -0.1) is 0 Å². The summed E-state index contributed by atoms with van der Waals surface area (Å²) in [6.45, 7) is 5.45. The van der Waals surface area contributed by atoms with Gasteiger partial charge >= 0.3 is 0 Å². The van der Waals surface area contributed by atoms with Gasteiger partial charge in [-0.1, -0.05) is 6.42 Å². The highest BCUT2D eigenvalue weighted by Crippen LogP contribution is 2.29. The van der Waals surface area contributed by atoms with Crippen LogP contribution in [0.1, 0.15) is 36.5 Å². The number of fused-ring (bicyclic) bond motifs is 1. The molecule has 15 heavy (non-hydrogen) atoms. The van der Waals surface area contributed by atoms with Gasteiger partial charge in [0.15, 0.2) is 0 Å². The standard InChI is InChI=1S/C12H19N3/c1-9-14-11-7-13-6-5-12(11)15(9)8-10-3-2-4-10/h10,13H,2-8H2,1H3. The minimum absolute atomic E-state index is 0.928. The molecule has 0 bridgehead atoms. The fourth-order valence-electron chi connectivity index (χ4n) is 2.68. The third-order valence-corrected chi connectivity index (χ3v) is 3.84. The summed E-state index contributed by atoms with van der Waals surface area (Å²) in [6, 6.07) is 0. The summed E-state index contributed by atoms with van der Waals surface area (Å²) in [7, 11) is 0. The SMILES string of the molecule is Cc1nc2c(n1CC1CCC1)CCNC2. The van der Waals surface area contributed by atoms with E-state index in [0.29, 0.717) is 0 Å². The molecular weight excluding hydrogens is 186 g/mol. The third kappa shape index (κ3) is 1.59. The lowest BCUT2D eigenvalue weighted by molar-refractivity contribution is 0.271. The number of hydrogen-bond donors (Lipinski definition) is 1. The molecule has 3 rings (SSSR count). The number of aryl methyl sites for hydroxylation is 1. The van der Waals surface area contributed by atoms with Crippen molar-refractivity contribution in [3.8, 4) is 0 Å². The van der Waals surface area contributed by atoms with Crippen molar-refractivity contribution in [1.29, 1.82) is 0 Å². The van der Waals surface area contributed by atoms with Crippen LogP contribution in [0, 0.1) is 12.8 Å². The van der Waals surface area contributed by atoms with E-state index < -0.39 is 0 Å². The molecule has 1 aromatic heterocycles. The zero-order chi connectivity index (χ0) is 10.3. The number of nitrogens with one attached hydrogen (secondary N) is 1. The Hall–Kier alpha value is -0.830. The van der Waals surface area contributed by atoms with E-state index >= 15 is 0 Å². The monoisotopic (exact) mass is 205 g/mol. The Balaban J connectivity index is 1.87. The molecule has 1 fully saturated rings. The molecule has 82 valence electrons. The summed E-state index contributed by atoms with van der Waals surface area (Å²) in [6.07, 6.45) is 5.43. The van der Waals surface area contributed by atoms with Crippen molar-refractivity contribution in [3.05, 3.63) is 17.2 Å². The first-order valence-corrected chi connectivity index (χ1v) is 6.10. The van der Waals surface area contributed by atoms with Crippen LogP contribution in [-0.2, 0) is 19.5 Å². The van der Waals surface area contributed by atoms with Gasteiger partial charge in [0.1, 0.15) is 5.82 Å². The molecule has 0 amide bonds. The van der Waals surface area contributed by atoms with Crippen LogP contribution in [0.15, 0.2) is 0 Å². The van der Waals surface area contributed by atoms with E-state index in [1.807, 2.05) is 0 Å². The lowest BCUT2D eigenvalue weighted by Gasteiger charge is -2.27. The molecule has 1 aliphatic carbocycles. The Morgan fingerprint density at radius 1 is 1.47 bits per heavy atom. The number of rotatable bonds is 2. The van der Waals surface area contributed by atoms with Crippen molar-refractivity contribution in [1.82, 2.24) is 14.9 Å². The molecule has 2 heterocycles. The normalized spacial score (nSPS) is 21.1. The van der Waals surface area contributed by atoms with Crippen molar-refractivity contribution < 1.29 is 0 Å². The molecule has 3 heteroatoms. The van der Waals surface area contributed by atoms with Gasteiger partial charge in [0.05, 0.1) is 5.69 Å². The fourth-order valence-corrected chi connectivity index (χ4v) is 2.68. The van der Waals surface area contributed by atoms with Crippen LogP contribution >= 0.6 is 0 Å². The van der Waals surface area contributed by atoms with Crippen LogP contribution in [-0.4, -0.2) is 16.1 Å². The zero-order valence-electron chi connectivity index (χ0n) is 9.42. The maximum atomic E-state index is 4.66. The molecule has 2 aliphatic rings. The van der Waals surface area contributed by atoms with Crippen molar-refractivity contribution in [2.24, 2.45) is 5.92 Å². The highest BCUT2D eigenvalue weighted by atomic mass is 15.1. The molecule has 1 N–H and O–H groups in total. The van der Waals surface area contributed by atoms with Crippen molar-refractivity contribution >= 4 is 0 Å². The predicted molar refractivity (Wildman–Crippen MR) is 59.7 cm³/mol. The third-order valence-electron chi connectivity index (χ3n) is 3.84. The quantitative estimate of drug-likeness (QED) is 0.795. The average molecular weight is 205 g/mol. The Morgan fingerprint density at radius 3 is 3.07 bits per heavy atom. The van der Waals surface area contributed by atoms with Crippen LogP contribution in [0.4, 0.5) is 0 Å². The van der Waals surface area contributed by atoms with Gasteiger partial charge in [0.2, 0.25) is 0 Å². The molecule has 0 atom stereocenters. The maximum absolute atomic E-state index is 4.66. The summed E-state index contributed by atoms with van der Waals surface area (Å²) in [5.41, 5.74) is 2.79. The highest BCUT2D eigenvalue weighted by molar-refractivity contribution is 5.19. The fraction of sp³-hybridized carbons (Fsp3) is 0.750. The smallest absolute Gasteiger partial charge is 0.106 e. The van der Waals surface area contributed by atoms with Gasteiger partial charge in [-0.2, -0.15) is 0 Å². The Labute approximate surface area is 90.9 Å². The summed E-state index contributed by atoms with van der Waals surface area (Å²) < 4.78 is 2.47. The maximum Gasteiger partial charge on any atom is 0.106 e. The van der Waals surface area contributed by atoms with Gasteiger partial charge in [0, 0.05) is 31.7 Å². The Bertz CT molecular complexity index is 363. The van der Waals surface area contributed by atoms with E-state index in [4.69, 9.17) is 0 Å². The van der Waals surface area contributed by atoms with Gasteiger partial charge < -0.3 is 9.88 Å². The van der Waals surface area contributed by atoms with Crippen molar-refractivity contribution in [2.45, 2.75) is 45.7 Å². The van der Waals surface area contributed by atoms with E-state index in [0.717, 1.165) is 25.4 Å². The van der Waals surface area contributed by atoms with Crippen LogP contribution in [0.2, 0.25) is 0 Å².